The zero-order valence-electron chi connectivity index (χ0n) is 42.5. The van der Waals surface area contributed by atoms with Crippen molar-refractivity contribution >= 4 is 22.1 Å². The third-order valence-electron chi connectivity index (χ3n) is 12.5. The van der Waals surface area contributed by atoms with Gasteiger partial charge in [-0.1, -0.05) is 244 Å². The van der Waals surface area contributed by atoms with E-state index in [1.165, 1.54) is 218 Å². The molecule has 0 aromatic heterocycles. The Bertz CT molecular complexity index is 1410. The van der Waals surface area contributed by atoms with Gasteiger partial charge in [-0.25, -0.2) is 18.0 Å². The summed E-state index contributed by atoms with van der Waals surface area (Å²) in [6.45, 7) is 4.87. The molecule has 0 aliphatic heterocycles. The Kier molecular flexibility index (Phi) is 46.5. The molecular formula is C56H97NaO7S. The minimum atomic E-state index is -4.82. The van der Waals surface area contributed by atoms with Crippen LogP contribution in [0.25, 0.3) is 0 Å². The summed E-state index contributed by atoms with van der Waals surface area (Å²) >= 11 is 0. The second kappa shape index (κ2) is 47.6. The van der Waals surface area contributed by atoms with E-state index < -0.39 is 27.0 Å². The molecule has 0 spiro atoms. The van der Waals surface area contributed by atoms with Gasteiger partial charge in [0.15, 0.2) is 0 Å². The summed E-state index contributed by atoms with van der Waals surface area (Å²) in [7, 11) is -4.82. The van der Waals surface area contributed by atoms with E-state index in [1.54, 1.807) is 0 Å². The van der Waals surface area contributed by atoms with E-state index >= 15 is 0 Å². The van der Waals surface area contributed by atoms with Gasteiger partial charge in [0.1, 0.15) is 10.1 Å². The predicted molar refractivity (Wildman–Crippen MR) is 269 cm³/mol. The van der Waals surface area contributed by atoms with E-state index in [0.29, 0.717) is 12.8 Å². The van der Waals surface area contributed by atoms with Gasteiger partial charge in [0, 0.05) is 0 Å². The fourth-order valence-electron chi connectivity index (χ4n) is 8.30. The second-order valence-corrected chi connectivity index (χ2v) is 19.9. The van der Waals surface area contributed by atoms with Crippen molar-refractivity contribution in [3.05, 3.63) is 53.6 Å². The zero-order chi connectivity index (χ0) is 46.4. The number of allylic oxidation sites excluding steroid dienone is 4. The largest absolute Gasteiger partial charge is 1.00 e. The molecule has 0 atom stereocenters. The number of hydrogen-bond acceptors (Lipinski definition) is 7. The summed E-state index contributed by atoms with van der Waals surface area (Å²) in [6, 6.07) is 3.17. The summed E-state index contributed by atoms with van der Waals surface area (Å²) in [5.74, 6) is -1.54. The maximum Gasteiger partial charge on any atom is 1.00 e. The Morgan fingerprint density at radius 2 is 0.677 bits per heavy atom. The molecule has 0 amide bonds. The average molecular weight is 937 g/mol. The molecule has 0 saturated carbocycles. The van der Waals surface area contributed by atoms with Gasteiger partial charge in [-0.2, -0.15) is 0 Å². The molecule has 0 bridgehead atoms. The van der Waals surface area contributed by atoms with Gasteiger partial charge in [-0.05, 0) is 69.6 Å². The molecule has 0 heterocycles. The van der Waals surface area contributed by atoms with Crippen molar-refractivity contribution in [1.82, 2.24) is 0 Å². The predicted octanol–water partition coefficient (Wildman–Crippen LogP) is 14.7. The summed E-state index contributed by atoms with van der Waals surface area (Å²) in [5.41, 5.74) is -0.327. The van der Waals surface area contributed by atoms with Crippen LogP contribution < -0.4 is 29.6 Å². The summed E-state index contributed by atoms with van der Waals surface area (Å²) in [5, 5.41) is 0. The molecule has 0 radical (unpaired) electrons. The first-order valence-corrected chi connectivity index (χ1v) is 28.5. The Morgan fingerprint density at radius 1 is 0.415 bits per heavy atom. The molecule has 1 aromatic carbocycles. The first-order valence-electron chi connectivity index (χ1n) is 27.0. The van der Waals surface area contributed by atoms with E-state index in [1.807, 2.05) is 0 Å². The van der Waals surface area contributed by atoms with E-state index in [2.05, 4.69) is 38.2 Å². The van der Waals surface area contributed by atoms with Gasteiger partial charge in [-0.3, -0.25) is 0 Å². The zero-order valence-corrected chi connectivity index (χ0v) is 45.3. The van der Waals surface area contributed by atoms with Gasteiger partial charge in [-0.15, -0.1) is 0 Å². The minimum Gasteiger partial charge on any atom is -0.744 e. The number of rotatable bonds is 47. The molecule has 65 heavy (non-hydrogen) atoms. The molecule has 1 rings (SSSR count). The molecule has 0 saturated heterocycles. The van der Waals surface area contributed by atoms with Crippen LogP contribution in [0.5, 0.6) is 0 Å². The fourth-order valence-corrected chi connectivity index (χ4v) is 8.80. The second-order valence-electron chi connectivity index (χ2n) is 18.6. The number of carbonyl (C=O) groups is 2. The van der Waals surface area contributed by atoms with Crippen molar-refractivity contribution < 1.29 is 61.6 Å². The van der Waals surface area contributed by atoms with Gasteiger partial charge in [0.2, 0.25) is 0 Å². The first kappa shape index (κ1) is 63.5. The Balaban J connectivity index is 0.0000410. The van der Waals surface area contributed by atoms with Crippen molar-refractivity contribution in [3.63, 3.8) is 0 Å². The normalized spacial score (nSPS) is 11.7. The maximum atomic E-state index is 13.0. The smallest absolute Gasteiger partial charge is 0.744 e. The SMILES string of the molecule is CCCC/C=C/CCCCCCCCCCCCCCCCCCOC(=O)c1ccc(S(=O)(=O)[O-])cc1C(=O)OCCCCCCCCCCCCCCCCCC/C=C/CCCC.[Na+]. The number of benzene rings is 1. The third kappa shape index (κ3) is 40.2. The van der Waals surface area contributed by atoms with Crippen molar-refractivity contribution in [1.29, 1.82) is 0 Å². The minimum absolute atomic E-state index is 0. The Labute approximate surface area is 423 Å². The fraction of sp³-hybridized carbons (Fsp3) is 0.786. The van der Waals surface area contributed by atoms with E-state index in [0.717, 1.165) is 44.2 Å². The number of esters is 2. The monoisotopic (exact) mass is 937 g/mol. The van der Waals surface area contributed by atoms with Gasteiger partial charge in [0.05, 0.1) is 29.2 Å². The molecule has 9 heteroatoms. The van der Waals surface area contributed by atoms with Crippen LogP contribution in [-0.4, -0.2) is 38.1 Å². The number of hydrogen-bond donors (Lipinski definition) is 0. The Morgan fingerprint density at radius 3 is 0.969 bits per heavy atom. The van der Waals surface area contributed by atoms with Gasteiger partial charge in [0.25, 0.3) is 0 Å². The first-order chi connectivity index (χ1) is 31.3. The quantitative estimate of drug-likeness (QED) is 0.0210. The molecule has 370 valence electrons. The van der Waals surface area contributed by atoms with Crippen LogP contribution >= 0.6 is 0 Å². The Hall–Kier alpha value is -1.45. The van der Waals surface area contributed by atoms with Crippen molar-refractivity contribution in [2.45, 2.75) is 276 Å². The van der Waals surface area contributed by atoms with Crippen LogP contribution in [0, 0.1) is 0 Å². The van der Waals surface area contributed by atoms with Crippen LogP contribution in [0.1, 0.15) is 291 Å². The van der Waals surface area contributed by atoms with Crippen LogP contribution in [0.4, 0.5) is 0 Å². The summed E-state index contributed by atoms with van der Waals surface area (Å²) < 4.78 is 46.0. The molecular weight excluding hydrogens is 840 g/mol. The van der Waals surface area contributed by atoms with Crippen LogP contribution in [-0.2, 0) is 19.6 Å². The van der Waals surface area contributed by atoms with E-state index in [9.17, 15) is 22.6 Å². The molecule has 0 fully saturated rings. The third-order valence-corrected chi connectivity index (χ3v) is 13.3. The van der Waals surface area contributed by atoms with E-state index in [4.69, 9.17) is 9.47 Å². The van der Waals surface area contributed by atoms with Crippen LogP contribution in [0.15, 0.2) is 47.4 Å². The average Bonchev–Trinajstić information content (AvgIpc) is 3.28. The molecule has 7 nitrogen and oxygen atoms in total. The molecule has 0 N–H and O–H groups in total. The summed E-state index contributed by atoms with van der Waals surface area (Å²) in [4.78, 5) is 25.4. The van der Waals surface area contributed by atoms with Crippen LogP contribution in [0.3, 0.4) is 0 Å². The van der Waals surface area contributed by atoms with Crippen molar-refractivity contribution in [3.8, 4) is 0 Å². The molecule has 1 aromatic rings. The number of ether oxygens (including phenoxy) is 2. The van der Waals surface area contributed by atoms with E-state index in [-0.39, 0.29) is 53.9 Å². The number of unbranched alkanes of at least 4 members (excludes halogenated alkanes) is 36. The summed E-state index contributed by atoms with van der Waals surface area (Å²) in [6.07, 6.45) is 59.5. The van der Waals surface area contributed by atoms with Gasteiger partial charge < -0.3 is 14.0 Å². The number of carbonyl (C=O) groups excluding carboxylic acids is 2. The van der Waals surface area contributed by atoms with Crippen molar-refractivity contribution in [2.24, 2.45) is 0 Å². The van der Waals surface area contributed by atoms with Gasteiger partial charge >= 0.3 is 41.5 Å². The van der Waals surface area contributed by atoms with Crippen molar-refractivity contribution in [2.75, 3.05) is 13.2 Å². The van der Waals surface area contributed by atoms with Crippen LogP contribution in [0.2, 0.25) is 0 Å². The topological polar surface area (TPSA) is 110 Å². The molecule has 0 aliphatic rings. The maximum absolute atomic E-state index is 13.0. The molecule has 0 unspecified atom stereocenters. The molecule has 0 aliphatic carbocycles. The standard InChI is InChI=1S/C56H98O7S.Na/c1-3-5-7-9-11-13-15-17-19-21-23-25-27-29-31-33-35-37-39-41-43-45-49-62-55(57)53-48-47-52(64(59,60)61)51-54(53)56(58)63-50-46-44-42-40-38-36-34-32-30-28-26-24-22-20-18-16-14-12-10-8-6-4-2;/h9-12,47-48,51H,3-8,13-46,49-50H2,1-2H3,(H,59,60,61);/q;+1/p-1/b11-9+,12-10+;.